The molecule has 112 valence electrons. The average Bonchev–Trinajstić information content (AvgIpc) is 2.41. The number of nitrogens with one attached hydrogen (secondary N) is 1. The van der Waals surface area contributed by atoms with Gasteiger partial charge in [0, 0.05) is 9.50 Å². The van der Waals surface area contributed by atoms with Crippen molar-refractivity contribution in [1.29, 1.82) is 0 Å². The molecular formula is C18H21BrClN. The molecule has 0 fully saturated rings. The number of benzene rings is 2. The van der Waals surface area contributed by atoms with Gasteiger partial charge in [0.25, 0.3) is 0 Å². The normalized spacial score (nSPS) is 13.2. The maximum Gasteiger partial charge on any atom is 0.0585 e. The van der Waals surface area contributed by atoms with Crippen molar-refractivity contribution in [3.05, 3.63) is 68.7 Å². The Balaban J connectivity index is 2.37. The van der Waals surface area contributed by atoms with E-state index >= 15 is 0 Å². The van der Waals surface area contributed by atoms with Crippen LogP contribution in [0.5, 0.6) is 0 Å². The van der Waals surface area contributed by atoms with Gasteiger partial charge in [-0.15, -0.1) is 0 Å². The molecule has 1 nitrogen and oxygen atoms in total. The third-order valence-electron chi connectivity index (χ3n) is 3.67. The highest BCUT2D eigenvalue weighted by molar-refractivity contribution is 9.10. The smallest absolute Gasteiger partial charge is 0.0585 e. The van der Waals surface area contributed by atoms with Gasteiger partial charge in [-0.3, -0.25) is 0 Å². The van der Waals surface area contributed by atoms with E-state index in [1.165, 1.54) is 16.7 Å². The largest absolute Gasteiger partial charge is 0.309 e. The van der Waals surface area contributed by atoms with Crippen LogP contribution in [-0.4, -0.2) is 7.05 Å². The Morgan fingerprint density at radius 2 is 1.67 bits per heavy atom. The molecule has 2 aromatic carbocycles. The molecule has 0 saturated heterocycles. The van der Waals surface area contributed by atoms with Gasteiger partial charge < -0.3 is 5.32 Å². The molecule has 0 aromatic heterocycles. The zero-order valence-corrected chi connectivity index (χ0v) is 15.2. The minimum atomic E-state index is 0.144. The average molecular weight is 367 g/mol. The van der Waals surface area contributed by atoms with E-state index in [1.54, 1.807) is 0 Å². The van der Waals surface area contributed by atoms with Gasteiger partial charge in [-0.1, -0.05) is 78.6 Å². The first-order valence-electron chi connectivity index (χ1n) is 7.05. The van der Waals surface area contributed by atoms with Crippen LogP contribution in [0.1, 0.15) is 43.5 Å². The quantitative estimate of drug-likeness (QED) is 0.733. The predicted octanol–water partition coefficient (Wildman–Crippen LogP) is 5.71. The van der Waals surface area contributed by atoms with E-state index in [2.05, 4.69) is 72.3 Å². The van der Waals surface area contributed by atoms with Gasteiger partial charge in [-0.05, 0) is 41.3 Å². The Bertz CT molecular complexity index is 614. The van der Waals surface area contributed by atoms with Crippen molar-refractivity contribution in [3.63, 3.8) is 0 Å². The fraction of sp³-hybridized carbons (Fsp3) is 0.333. The first-order valence-corrected chi connectivity index (χ1v) is 8.22. The lowest BCUT2D eigenvalue weighted by atomic mass is 9.86. The fourth-order valence-electron chi connectivity index (χ4n) is 2.41. The van der Waals surface area contributed by atoms with E-state index < -0.39 is 0 Å². The van der Waals surface area contributed by atoms with Gasteiger partial charge in [0.05, 0.1) is 6.04 Å². The molecule has 3 heteroatoms. The van der Waals surface area contributed by atoms with Crippen LogP contribution in [0, 0.1) is 0 Å². The van der Waals surface area contributed by atoms with E-state index in [4.69, 9.17) is 11.6 Å². The van der Waals surface area contributed by atoms with Crippen molar-refractivity contribution in [2.24, 2.45) is 0 Å². The van der Waals surface area contributed by atoms with Crippen molar-refractivity contribution in [2.75, 3.05) is 7.05 Å². The lowest BCUT2D eigenvalue weighted by Gasteiger charge is -2.22. The van der Waals surface area contributed by atoms with Crippen molar-refractivity contribution in [3.8, 4) is 0 Å². The molecule has 0 aliphatic heterocycles. The molecular weight excluding hydrogens is 346 g/mol. The summed E-state index contributed by atoms with van der Waals surface area (Å²) in [5.41, 5.74) is 3.95. The summed E-state index contributed by atoms with van der Waals surface area (Å²) in [5.74, 6) is 0. The number of hydrogen-bond donors (Lipinski definition) is 1. The third kappa shape index (κ3) is 3.88. The monoisotopic (exact) mass is 365 g/mol. The fourth-order valence-corrected chi connectivity index (χ4v) is 3.32. The molecule has 0 saturated carbocycles. The molecule has 0 aliphatic rings. The molecule has 1 unspecified atom stereocenters. The molecule has 2 aromatic rings. The summed E-state index contributed by atoms with van der Waals surface area (Å²) in [6.45, 7) is 6.69. The van der Waals surface area contributed by atoms with Gasteiger partial charge in [-0.2, -0.15) is 0 Å². The van der Waals surface area contributed by atoms with Crippen molar-refractivity contribution < 1.29 is 0 Å². The summed E-state index contributed by atoms with van der Waals surface area (Å²) < 4.78 is 1.02. The van der Waals surface area contributed by atoms with E-state index in [9.17, 15) is 0 Å². The number of halogens is 2. The molecule has 1 N–H and O–H groups in total. The van der Waals surface area contributed by atoms with Crippen LogP contribution >= 0.6 is 27.5 Å². The van der Waals surface area contributed by atoms with Crippen LogP contribution in [0.2, 0.25) is 5.02 Å². The molecule has 0 radical (unpaired) electrons. The molecule has 0 spiro atoms. The highest BCUT2D eigenvalue weighted by Gasteiger charge is 2.17. The minimum absolute atomic E-state index is 0.144. The van der Waals surface area contributed by atoms with Crippen LogP contribution in [0.25, 0.3) is 0 Å². The van der Waals surface area contributed by atoms with E-state index in [0.29, 0.717) is 0 Å². The molecule has 0 amide bonds. The topological polar surface area (TPSA) is 12.0 Å². The first kappa shape index (κ1) is 16.5. The molecule has 0 aliphatic carbocycles. The summed E-state index contributed by atoms with van der Waals surface area (Å²) in [6, 6.07) is 14.9. The first-order chi connectivity index (χ1) is 9.82. The second-order valence-electron chi connectivity index (χ2n) is 6.26. The zero-order valence-electron chi connectivity index (χ0n) is 12.9. The van der Waals surface area contributed by atoms with Crippen molar-refractivity contribution in [1.82, 2.24) is 5.32 Å². The van der Waals surface area contributed by atoms with Gasteiger partial charge in [0.15, 0.2) is 0 Å². The van der Waals surface area contributed by atoms with Gasteiger partial charge in [0.2, 0.25) is 0 Å². The second-order valence-corrected chi connectivity index (χ2v) is 7.55. The predicted molar refractivity (Wildman–Crippen MR) is 95.2 cm³/mol. The van der Waals surface area contributed by atoms with Gasteiger partial charge in [0.1, 0.15) is 0 Å². The highest BCUT2D eigenvalue weighted by Crippen LogP contribution is 2.31. The number of rotatable bonds is 3. The van der Waals surface area contributed by atoms with Crippen molar-refractivity contribution in [2.45, 2.75) is 32.2 Å². The maximum absolute atomic E-state index is 6.03. The Kier molecular flexibility index (Phi) is 5.13. The highest BCUT2D eigenvalue weighted by atomic mass is 79.9. The van der Waals surface area contributed by atoms with Crippen LogP contribution < -0.4 is 5.32 Å². The second kappa shape index (κ2) is 6.51. The van der Waals surface area contributed by atoms with E-state index in [0.717, 1.165) is 9.50 Å². The van der Waals surface area contributed by atoms with Crippen LogP contribution in [0.3, 0.4) is 0 Å². The Morgan fingerprint density at radius 1 is 1.05 bits per heavy atom. The minimum Gasteiger partial charge on any atom is -0.309 e. The zero-order chi connectivity index (χ0) is 15.6. The molecule has 2 rings (SSSR count). The van der Waals surface area contributed by atoms with Crippen molar-refractivity contribution >= 4 is 27.5 Å². The standard InChI is InChI=1S/C18H21BrClN/c1-18(2,3)13-7-5-12(6-8-13)17(21-4)15-10-9-14(20)11-16(15)19/h5-11,17,21H,1-4H3. The SMILES string of the molecule is CNC(c1ccc(C(C)(C)C)cc1)c1ccc(Cl)cc1Br. The summed E-state index contributed by atoms with van der Waals surface area (Å²) in [5, 5.41) is 4.12. The summed E-state index contributed by atoms with van der Waals surface area (Å²) >= 11 is 9.64. The molecule has 0 heterocycles. The summed E-state index contributed by atoms with van der Waals surface area (Å²) in [4.78, 5) is 0. The maximum atomic E-state index is 6.03. The lowest BCUT2D eigenvalue weighted by Crippen LogP contribution is -2.18. The van der Waals surface area contributed by atoms with Gasteiger partial charge >= 0.3 is 0 Å². The van der Waals surface area contributed by atoms with Crippen LogP contribution in [0.15, 0.2) is 46.9 Å². The molecule has 1 atom stereocenters. The van der Waals surface area contributed by atoms with Gasteiger partial charge in [-0.25, -0.2) is 0 Å². The molecule has 0 bridgehead atoms. The Hall–Kier alpha value is -0.830. The van der Waals surface area contributed by atoms with E-state index in [-0.39, 0.29) is 11.5 Å². The third-order valence-corrected chi connectivity index (χ3v) is 4.59. The van der Waals surface area contributed by atoms with Crippen LogP contribution in [0.4, 0.5) is 0 Å². The Labute approximate surface area is 140 Å². The van der Waals surface area contributed by atoms with Crippen LogP contribution in [-0.2, 0) is 5.41 Å². The molecule has 21 heavy (non-hydrogen) atoms. The summed E-state index contributed by atoms with van der Waals surface area (Å²) in [7, 11) is 1.98. The lowest BCUT2D eigenvalue weighted by molar-refractivity contribution is 0.589. The van der Waals surface area contributed by atoms with E-state index in [1.807, 2.05) is 19.2 Å². The number of hydrogen-bond acceptors (Lipinski definition) is 1. The summed E-state index contributed by atoms with van der Waals surface area (Å²) in [6.07, 6.45) is 0. The Morgan fingerprint density at radius 3 is 2.14 bits per heavy atom.